The van der Waals surface area contributed by atoms with Crippen LogP contribution in [-0.2, 0) is 9.59 Å². The summed E-state index contributed by atoms with van der Waals surface area (Å²) in [7, 11) is 0. The van der Waals surface area contributed by atoms with Crippen molar-refractivity contribution in [2.75, 3.05) is 0 Å². The number of hydrogen-bond donors (Lipinski definition) is 1. The van der Waals surface area contributed by atoms with E-state index in [2.05, 4.69) is 13.5 Å². The Kier molecular flexibility index (Phi) is 3.98. The van der Waals surface area contributed by atoms with Gasteiger partial charge in [-0.15, -0.1) is 6.58 Å². The van der Waals surface area contributed by atoms with E-state index in [9.17, 15) is 14.7 Å². The zero-order valence-corrected chi connectivity index (χ0v) is 12.4. The van der Waals surface area contributed by atoms with Gasteiger partial charge in [-0.2, -0.15) is 0 Å². The molecule has 0 heterocycles. The first kappa shape index (κ1) is 14.8. The fraction of sp³-hybridized carbons (Fsp3) is 0.529. The summed E-state index contributed by atoms with van der Waals surface area (Å²) in [5, 5.41) is 9.86. The van der Waals surface area contributed by atoms with Crippen LogP contribution in [0.5, 0.6) is 0 Å². The third kappa shape index (κ3) is 2.15. The summed E-state index contributed by atoms with van der Waals surface area (Å²) >= 11 is 0. The minimum atomic E-state index is -0.363. The highest BCUT2D eigenvalue weighted by molar-refractivity contribution is 6.24. The first-order chi connectivity index (χ1) is 9.40. The van der Waals surface area contributed by atoms with Gasteiger partial charge in [-0.3, -0.25) is 9.59 Å². The number of ketones is 2. The molecule has 0 fully saturated rings. The van der Waals surface area contributed by atoms with Gasteiger partial charge >= 0.3 is 0 Å². The molecule has 0 aromatic heterocycles. The van der Waals surface area contributed by atoms with Gasteiger partial charge in [-0.1, -0.05) is 19.9 Å². The van der Waals surface area contributed by atoms with Crippen LogP contribution in [0.1, 0.15) is 40.0 Å². The van der Waals surface area contributed by atoms with Crippen molar-refractivity contribution < 1.29 is 14.7 Å². The summed E-state index contributed by atoms with van der Waals surface area (Å²) in [5.74, 6) is -0.431. The third-order valence-electron chi connectivity index (χ3n) is 4.69. The molecule has 0 aromatic carbocycles. The first-order valence-corrected chi connectivity index (χ1v) is 7.24. The maximum Gasteiger partial charge on any atom is 0.224 e. The molecule has 2 rings (SSSR count). The van der Waals surface area contributed by atoms with E-state index in [1.54, 1.807) is 0 Å². The molecule has 0 amide bonds. The molecule has 0 bridgehead atoms. The number of Topliss-reactive ketones (excluding diaryl/α,β-unsaturated/α-hetero) is 2. The highest BCUT2D eigenvalue weighted by Crippen LogP contribution is 2.43. The fourth-order valence-corrected chi connectivity index (χ4v) is 3.42. The molecule has 20 heavy (non-hydrogen) atoms. The van der Waals surface area contributed by atoms with Crippen LogP contribution in [0.3, 0.4) is 0 Å². The summed E-state index contributed by atoms with van der Waals surface area (Å²) in [6, 6.07) is 0. The Morgan fingerprint density at radius 1 is 1.30 bits per heavy atom. The van der Waals surface area contributed by atoms with Gasteiger partial charge in [0.15, 0.2) is 11.5 Å². The average molecular weight is 274 g/mol. The van der Waals surface area contributed by atoms with E-state index in [-0.39, 0.29) is 40.7 Å². The number of aliphatic hydroxyl groups excluding tert-OH is 1. The molecule has 0 radical (unpaired) electrons. The average Bonchev–Trinajstić information content (AvgIpc) is 2.42. The minimum Gasteiger partial charge on any atom is -0.504 e. The van der Waals surface area contributed by atoms with Gasteiger partial charge in [0.05, 0.1) is 0 Å². The number of aliphatic hydroxyl groups is 1. The molecule has 108 valence electrons. The second-order valence-electron chi connectivity index (χ2n) is 6.05. The third-order valence-corrected chi connectivity index (χ3v) is 4.69. The lowest BCUT2D eigenvalue weighted by Crippen LogP contribution is -2.35. The van der Waals surface area contributed by atoms with Crippen molar-refractivity contribution in [2.45, 2.75) is 40.0 Å². The van der Waals surface area contributed by atoms with Gasteiger partial charge in [0, 0.05) is 16.7 Å². The maximum atomic E-state index is 12.5. The predicted molar refractivity (Wildman–Crippen MR) is 78.2 cm³/mol. The van der Waals surface area contributed by atoms with Crippen LogP contribution in [-0.4, -0.2) is 16.7 Å². The maximum absolute atomic E-state index is 12.5. The van der Waals surface area contributed by atoms with Gasteiger partial charge in [-0.25, -0.2) is 0 Å². The lowest BCUT2D eigenvalue weighted by Gasteiger charge is -2.36. The van der Waals surface area contributed by atoms with Gasteiger partial charge < -0.3 is 5.11 Å². The van der Waals surface area contributed by atoms with E-state index in [1.165, 1.54) is 6.92 Å². The number of hydrogen-bond acceptors (Lipinski definition) is 3. The van der Waals surface area contributed by atoms with Crippen molar-refractivity contribution in [1.29, 1.82) is 0 Å². The zero-order valence-electron chi connectivity index (χ0n) is 12.4. The summed E-state index contributed by atoms with van der Waals surface area (Å²) in [6.07, 6.45) is 4.49. The molecule has 3 heteroatoms. The van der Waals surface area contributed by atoms with Crippen molar-refractivity contribution in [2.24, 2.45) is 17.8 Å². The van der Waals surface area contributed by atoms with Crippen LogP contribution < -0.4 is 0 Å². The van der Waals surface area contributed by atoms with Crippen LogP contribution in [0.25, 0.3) is 0 Å². The Labute approximate surface area is 120 Å². The monoisotopic (exact) mass is 274 g/mol. The Hall–Kier alpha value is -1.64. The van der Waals surface area contributed by atoms with Crippen LogP contribution >= 0.6 is 0 Å². The van der Waals surface area contributed by atoms with Crippen LogP contribution in [0.15, 0.2) is 35.1 Å². The lowest BCUT2D eigenvalue weighted by atomic mass is 9.66. The van der Waals surface area contributed by atoms with E-state index in [4.69, 9.17) is 0 Å². The summed E-state index contributed by atoms with van der Waals surface area (Å²) in [5.41, 5.74) is 1.39. The topological polar surface area (TPSA) is 54.4 Å². The van der Waals surface area contributed by atoms with Crippen molar-refractivity contribution in [3.63, 3.8) is 0 Å². The minimum absolute atomic E-state index is 0.0453. The molecule has 1 unspecified atom stereocenters. The smallest absolute Gasteiger partial charge is 0.224 e. The van der Waals surface area contributed by atoms with Crippen LogP contribution in [0, 0.1) is 17.8 Å². The van der Waals surface area contributed by atoms with E-state index >= 15 is 0 Å². The molecular formula is C17H22O3. The van der Waals surface area contributed by atoms with Gasteiger partial charge in [-0.05, 0) is 43.9 Å². The molecule has 0 aliphatic heterocycles. The van der Waals surface area contributed by atoms with Crippen molar-refractivity contribution >= 4 is 11.6 Å². The lowest BCUT2D eigenvalue weighted by molar-refractivity contribution is -0.119. The summed E-state index contributed by atoms with van der Waals surface area (Å²) in [4.78, 5) is 24.8. The number of allylic oxidation sites excluding steroid dienone is 4. The Balaban J connectivity index is 2.52. The van der Waals surface area contributed by atoms with E-state index in [0.29, 0.717) is 11.1 Å². The second kappa shape index (κ2) is 5.39. The molecular weight excluding hydrogens is 252 g/mol. The zero-order chi connectivity index (χ0) is 15.0. The van der Waals surface area contributed by atoms with Crippen molar-refractivity contribution in [1.82, 2.24) is 0 Å². The molecule has 2 aliphatic rings. The molecule has 3 atom stereocenters. The standard InChI is InChI=1S/C17H22O3/c1-5-6-9(2)12-8-7-10(3)13-14(12)15(18)11(4)16(19)17(13)20/h5,9-10,12,19H,1,6-8H2,2-4H3/t9?,10-,12+/m0/s1. The van der Waals surface area contributed by atoms with Crippen LogP contribution in [0.4, 0.5) is 0 Å². The molecule has 1 N–H and O–H groups in total. The Morgan fingerprint density at radius 2 is 1.95 bits per heavy atom. The highest BCUT2D eigenvalue weighted by Gasteiger charge is 2.42. The Bertz CT molecular complexity index is 536. The van der Waals surface area contributed by atoms with Gasteiger partial charge in [0.2, 0.25) is 5.78 Å². The number of carbonyl (C=O) groups is 2. The Morgan fingerprint density at radius 3 is 2.55 bits per heavy atom. The molecule has 0 saturated carbocycles. The molecule has 0 spiro atoms. The fourth-order valence-electron chi connectivity index (χ4n) is 3.42. The SMILES string of the molecule is C=CCC(C)[C@H]1CC[C@H](C)C2=C1C(=O)C(C)=C(O)C2=O. The van der Waals surface area contributed by atoms with Crippen LogP contribution in [0.2, 0.25) is 0 Å². The normalized spacial score (nSPS) is 28.6. The first-order valence-electron chi connectivity index (χ1n) is 7.24. The predicted octanol–water partition coefficient (Wildman–Crippen LogP) is 3.53. The molecule has 3 nitrogen and oxygen atoms in total. The van der Waals surface area contributed by atoms with Crippen molar-refractivity contribution in [3.05, 3.63) is 35.1 Å². The van der Waals surface area contributed by atoms with Crippen molar-refractivity contribution in [3.8, 4) is 0 Å². The second-order valence-corrected chi connectivity index (χ2v) is 6.05. The number of rotatable bonds is 3. The van der Waals surface area contributed by atoms with E-state index < -0.39 is 0 Å². The largest absolute Gasteiger partial charge is 0.504 e. The quantitative estimate of drug-likeness (QED) is 0.632. The molecule has 0 aromatic rings. The summed E-state index contributed by atoms with van der Waals surface area (Å²) < 4.78 is 0. The number of carbonyl (C=O) groups excluding carboxylic acids is 2. The highest BCUT2D eigenvalue weighted by atomic mass is 16.3. The van der Waals surface area contributed by atoms with Gasteiger partial charge in [0.25, 0.3) is 0 Å². The summed E-state index contributed by atoms with van der Waals surface area (Å²) in [6.45, 7) is 9.35. The van der Waals surface area contributed by atoms with E-state index in [1.807, 2.05) is 13.0 Å². The van der Waals surface area contributed by atoms with Gasteiger partial charge in [0.1, 0.15) is 0 Å². The molecule has 0 saturated heterocycles. The molecule has 2 aliphatic carbocycles. The van der Waals surface area contributed by atoms with E-state index in [0.717, 1.165) is 19.3 Å².